The monoisotopic (exact) mass is 335 g/mol. The number of benzene rings is 1. The number of hydrogen-bond acceptors (Lipinski definition) is 2. The summed E-state index contributed by atoms with van der Waals surface area (Å²) in [5.74, 6) is 0.731. The summed E-state index contributed by atoms with van der Waals surface area (Å²) in [6.45, 7) is 3.16. The van der Waals surface area contributed by atoms with Crippen LogP contribution in [0.15, 0.2) is 23.1 Å². The molecule has 1 aliphatic carbocycles. The van der Waals surface area contributed by atoms with Crippen LogP contribution in [0.3, 0.4) is 0 Å². The third-order valence-corrected chi connectivity index (χ3v) is 5.95. The maximum atomic E-state index is 12.7. The Morgan fingerprint density at radius 2 is 2.05 bits per heavy atom. The van der Waals surface area contributed by atoms with Gasteiger partial charge in [0.25, 0.3) is 0 Å². The van der Waals surface area contributed by atoms with Gasteiger partial charge < -0.3 is 0 Å². The average molecular weight is 336 g/mol. The minimum Gasteiger partial charge on any atom is -0.207 e. The van der Waals surface area contributed by atoms with Gasteiger partial charge in [0, 0.05) is 24.0 Å². The predicted octanol–water partition coefficient (Wildman–Crippen LogP) is 3.89. The Kier molecular flexibility index (Phi) is 5.35. The lowest BCUT2D eigenvalue weighted by Crippen LogP contribution is -2.33. The van der Waals surface area contributed by atoms with Gasteiger partial charge in [-0.25, -0.2) is 8.42 Å². The smallest absolute Gasteiger partial charge is 0.207 e. The lowest BCUT2D eigenvalue weighted by Gasteiger charge is -2.22. The zero-order chi connectivity index (χ0) is 14.8. The molecule has 0 heterocycles. The van der Waals surface area contributed by atoms with E-state index in [0.717, 1.165) is 19.3 Å². The van der Waals surface area contributed by atoms with Gasteiger partial charge in [0.15, 0.2) is 0 Å². The molecule has 112 valence electrons. The fourth-order valence-electron chi connectivity index (χ4n) is 2.11. The molecule has 3 nitrogen and oxygen atoms in total. The highest BCUT2D eigenvalue weighted by molar-refractivity contribution is 7.89. The van der Waals surface area contributed by atoms with E-state index in [2.05, 4.69) is 0 Å². The summed E-state index contributed by atoms with van der Waals surface area (Å²) < 4.78 is 27.0. The molecule has 0 N–H and O–H groups in total. The molecule has 0 aromatic heterocycles. The SMILES string of the molecule is CCCN(CC1CC1)S(=O)(=O)c1ccc(Cl)c(CCl)c1. The number of alkyl halides is 1. The Morgan fingerprint density at radius 3 is 2.60 bits per heavy atom. The van der Waals surface area contributed by atoms with Crippen molar-refractivity contribution in [2.45, 2.75) is 37.0 Å². The molecule has 0 unspecified atom stereocenters. The quantitative estimate of drug-likeness (QED) is 0.709. The molecular weight excluding hydrogens is 317 g/mol. The highest BCUT2D eigenvalue weighted by Gasteiger charge is 2.31. The van der Waals surface area contributed by atoms with Crippen molar-refractivity contribution in [3.63, 3.8) is 0 Å². The summed E-state index contributed by atoms with van der Waals surface area (Å²) in [5.41, 5.74) is 0.650. The van der Waals surface area contributed by atoms with Crippen LogP contribution in [0.2, 0.25) is 5.02 Å². The van der Waals surface area contributed by atoms with E-state index in [1.165, 1.54) is 0 Å². The highest BCUT2D eigenvalue weighted by atomic mass is 35.5. The third-order valence-electron chi connectivity index (χ3n) is 3.43. The van der Waals surface area contributed by atoms with Crippen LogP contribution in [0.5, 0.6) is 0 Å². The zero-order valence-corrected chi connectivity index (χ0v) is 13.8. The van der Waals surface area contributed by atoms with E-state index in [1.54, 1.807) is 22.5 Å². The zero-order valence-electron chi connectivity index (χ0n) is 11.5. The molecule has 0 atom stereocenters. The molecule has 0 amide bonds. The van der Waals surface area contributed by atoms with E-state index in [-0.39, 0.29) is 10.8 Å². The molecule has 1 aromatic rings. The van der Waals surface area contributed by atoms with Crippen LogP contribution in [0.1, 0.15) is 31.7 Å². The summed E-state index contributed by atoms with van der Waals surface area (Å²) in [4.78, 5) is 0.284. The standard InChI is InChI=1S/C14H19Cl2NO2S/c1-2-7-17(10-11-3-4-11)20(18,19)13-5-6-14(16)12(8-13)9-15/h5-6,8,11H,2-4,7,9-10H2,1H3. The predicted molar refractivity (Wildman–Crippen MR) is 82.8 cm³/mol. The maximum absolute atomic E-state index is 12.7. The van der Waals surface area contributed by atoms with E-state index in [1.807, 2.05) is 6.92 Å². The lowest BCUT2D eigenvalue weighted by atomic mass is 10.2. The number of sulfonamides is 1. The Morgan fingerprint density at radius 1 is 1.35 bits per heavy atom. The highest BCUT2D eigenvalue weighted by Crippen LogP contribution is 2.32. The van der Waals surface area contributed by atoms with Crippen LogP contribution < -0.4 is 0 Å². The van der Waals surface area contributed by atoms with Gasteiger partial charge in [-0.05, 0) is 48.9 Å². The van der Waals surface area contributed by atoms with Crippen LogP contribution in [0, 0.1) is 5.92 Å². The third kappa shape index (κ3) is 3.67. The number of nitrogens with zero attached hydrogens (tertiary/aromatic N) is 1. The number of hydrogen-bond donors (Lipinski definition) is 0. The van der Waals surface area contributed by atoms with Crippen LogP contribution in [0.25, 0.3) is 0 Å². The van der Waals surface area contributed by atoms with Crippen molar-refractivity contribution in [3.8, 4) is 0 Å². The second-order valence-corrected chi connectivity index (χ2v) is 7.81. The molecule has 0 saturated heterocycles. The molecular formula is C14H19Cl2NO2S. The van der Waals surface area contributed by atoms with Gasteiger partial charge in [-0.15, -0.1) is 11.6 Å². The fourth-order valence-corrected chi connectivity index (χ4v) is 4.24. The summed E-state index contributed by atoms with van der Waals surface area (Å²) in [6.07, 6.45) is 3.06. The van der Waals surface area contributed by atoms with Gasteiger partial charge in [0.2, 0.25) is 10.0 Å². The summed E-state index contributed by atoms with van der Waals surface area (Å²) in [5, 5.41) is 0.503. The number of rotatable bonds is 7. The summed E-state index contributed by atoms with van der Waals surface area (Å²) in [6, 6.07) is 4.75. The largest absolute Gasteiger partial charge is 0.243 e. The molecule has 1 aliphatic rings. The van der Waals surface area contributed by atoms with Gasteiger partial charge in [0.05, 0.1) is 4.90 Å². The van der Waals surface area contributed by atoms with Crippen LogP contribution in [-0.2, 0) is 15.9 Å². The van der Waals surface area contributed by atoms with Gasteiger partial charge in [0.1, 0.15) is 0 Å². The van der Waals surface area contributed by atoms with E-state index in [4.69, 9.17) is 23.2 Å². The normalized spacial score (nSPS) is 15.8. The van der Waals surface area contributed by atoms with Crippen LogP contribution in [-0.4, -0.2) is 25.8 Å². The van der Waals surface area contributed by atoms with Gasteiger partial charge in [-0.1, -0.05) is 18.5 Å². The Balaban J connectivity index is 2.30. The summed E-state index contributed by atoms with van der Waals surface area (Å²) >= 11 is 11.8. The second kappa shape index (κ2) is 6.65. The molecule has 20 heavy (non-hydrogen) atoms. The number of halogens is 2. The van der Waals surface area contributed by atoms with Crippen molar-refractivity contribution in [1.82, 2.24) is 4.31 Å². The first-order chi connectivity index (χ1) is 9.48. The van der Waals surface area contributed by atoms with Crippen molar-refractivity contribution < 1.29 is 8.42 Å². The molecule has 2 rings (SSSR count). The fraction of sp³-hybridized carbons (Fsp3) is 0.571. The van der Waals surface area contributed by atoms with Gasteiger partial charge in [-0.3, -0.25) is 0 Å². The first-order valence-corrected chi connectivity index (χ1v) is 9.18. The molecule has 1 aromatic carbocycles. The van der Waals surface area contributed by atoms with E-state index in [9.17, 15) is 8.42 Å². The minimum absolute atomic E-state index is 0.207. The van der Waals surface area contributed by atoms with E-state index >= 15 is 0 Å². The van der Waals surface area contributed by atoms with Crippen molar-refractivity contribution in [2.24, 2.45) is 5.92 Å². The van der Waals surface area contributed by atoms with Crippen molar-refractivity contribution >= 4 is 33.2 Å². The second-order valence-electron chi connectivity index (χ2n) is 5.19. The maximum Gasteiger partial charge on any atom is 0.243 e. The molecule has 6 heteroatoms. The first-order valence-electron chi connectivity index (χ1n) is 6.83. The van der Waals surface area contributed by atoms with Crippen LogP contribution in [0.4, 0.5) is 0 Å². The van der Waals surface area contributed by atoms with Gasteiger partial charge in [-0.2, -0.15) is 4.31 Å². The molecule has 0 bridgehead atoms. The molecule has 1 fully saturated rings. The van der Waals surface area contributed by atoms with Crippen molar-refractivity contribution in [3.05, 3.63) is 28.8 Å². The topological polar surface area (TPSA) is 37.4 Å². The average Bonchev–Trinajstić information content (AvgIpc) is 3.22. The summed E-state index contributed by atoms with van der Waals surface area (Å²) in [7, 11) is -3.45. The van der Waals surface area contributed by atoms with Gasteiger partial charge >= 0.3 is 0 Å². The Bertz CT molecular complexity index is 571. The van der Waals surface area contributed by atoms with Crippen molar-refractivity contribution in [2.75, 3.05) is 13.1 Å². The first kappa shape index (κ1) is 16.1. The lowest BCUT2D eigenvalue weighted by molar-refractivity contribution is 0.395. The Hall–Kier alpha value is -0.290. The molecule has 1 saturated carbocycles. The minimum atomic E-state index is -3.45. The van der Waals surface area contributed by atoms with Crippen LogP contribution >= 0.6 is 23.2 Å². The van der Waals surface area contributed by atoms with Crippen molar-refractivity contribution in [1.29, 1.82) is 0 Å². The van der Waals surface area contributed by atoms with E-state index in [0.29, 0.717) is 29.6 Å². The Labute approximate surface area is 130 Å². The molecule has 0 spiro atoms. The van der Waals surface area contributed by atoms with E-state index < -0.39 is 10.0 Å². The molecule has 0 radical (unpaired) electrons. The molecule has 0 aliphatic heterocycles.